The van der Waals surface area contributed by atoms with Crippen molar-refractivity contribution in [3.05, 3.63) is 106 Å². The minimum absolute atomic E-state index is 0. The molecule has 228 valence electrons. The van der Waals surface area contributed by atoms with Crippen LogP contribution >= 0.6 is 24.8 Å². The van der Waals surface area contributed by atoms with Crippen LogP contribution in [0.3, 0.4) is 0 Å². The monoisotopic (exact) mass is 621 g/mol. The highest BCUT2D eigenvalue weighted by Gasteiger charge is 2.34. The summed E-state index contributed by atoms with van der Waals surface area (Å²) in [4.78, 5) is 47.6. The minimum Gasteiger partial charge on any atom is -0.481 e. The number of carbonyl (C=O) groups is 3. The molecule has 5 rings (SSSR count). The van der Waals surface area contributed by atoms with Gasteiger partial charge in [-0.05, 0) is 26.0 Å². The van der Waals surface area contributed by atoms with Gasteiger partial charge < -0.3 is 29.2 Å². The van der Waals surface area contributed by atoms with Crippen LogP contribution in [0.1, 0.15) is 26.2 Å². The number of likely N-dealkylation sites (tertiary alicyclic amines) is 1. The highest BCUT2D eigenvalue weighted by Crippen LogP contribution is 2.31. The fourth-order valence-corrected chi connectivity index (χ4v) is 3.02. The lowest BCUT2D eigenvalue weighted by molar-refractivity contribution is -0.145. The van der Waals surface area contributed by atoms with Gasteiger partial charge in [0.15, 0.2) is 0 Å². The number of amides is 1. The van der Waals surface area contributed by atoms with Gasteiger partial charge in [0.2, 0.25) is 5.91 Å². The van der Waals surface area contributed by atoms with Crippen molar-refractivity contribution >= 4 is 55.1 Å². The van der Waals surface area contributed by atoms with E-state index in [1.807, 2.05) is 12.4 Å². The van der Waals surface area contributed by atoms with Gasteiger partial charge in [-0.2, -0.15) is 0 Å². The zero-order chi connectivity index (χ0) is 29.8. The van der Waals surface area contributed by atoms with Gasteiger partial charge >= 0.3 is 11.9 Å². The SMILES string of the molecule is C=CN1CCCC1=O.C=Cn1ccnc1.C=Cn1ccnc1.CC1(C(=O)O)C=CC=C(C(=O)O)C1.Cl.Cl.c1c[nH]cn1. The fourth-order valence-electron chi connectivity index (χ4n) is 3.02. The number of aliphatic carboxylic acids is 2. The summed E-state index contributed by atoms with van der Waals surface area (Å²) >= 11 is 0. The lowest BCUT2D eigenvalue weighted by Crippen LogP contribution is -2.28. The van der Waals surface area contributed by atoms with Gasteiger partial charge in [0.05, 0.1) is 24.4 Å². The first-order valence-corrected chi connectivity index (χ1v) is 12.1. The third kappa shape index (κ3) is 15.2. The van der Waals surface area contributed by atoms with Crippen molar-refractivity contribution in [2.24, 2.45) is 5.41 Å². The van der Waals surface area contributed by atoms with Crippen LogP contribution in [0.15, 0.2) is 106 Å². The first-order chi connectivity index (χ1) is 19.2. The third-order valence-electron chi connectivity index (χ3n) is 5.29. The number of carbonyl (C=O) groups excluding carboxylic acids is 1. The molecule has 1 unspecified atom stereocenters. The first kappa shape index (κ1) is 39.5. The molecule has 0 aromatic carbocycles. The normalized spacial score (nSPS) is 15.8. The minimum atomic E-state index is -1.08. The molecule has 1 aliphatic heterocycles. The summed E-state index contributed by atoms with van der Waals surface area (Å²) < 4.78 is 3.56. The van der Waals surface area contributed by atoms with E-state index in [2.05, 4.69) is 39.7 Å². The van der Waals surface area contributed by atoms with Gasteiger partial charge in [-0.25, -0.2) is 19.7 Å². The highest BCUT2D eigenvalue weighted by atomic mass is 35.5. The van der Waals surface area contributed by atoms with Crippen LogP contribution in [0.25, 0.3) is 12.4 Å². The third-order valence-corrected chi connectivity index (χ3v) is 5.29. The van der Waals surface area contributed by atoms with Gasteiger partial charge in [0, 0.05) is 68.1 Å². The van der Waals surface area contributed by atoms with E-state index in [1.165, 1.54) is 25.2 Å². The number of hydrogen-bond acceptors (Lipinski definition) is 6. The lowest BCUT2D eigenvalue weighted by atomic mass is 9.80. The van der Waals surface area contributed by atoms with E-state index >= 15 is 0 Å². The molecular weight excluding hydrogens is 585 g/mol. The molecule has 0 radical (unpaired) electrons. The number of H-pyrrole nitrogens is 1. The second-order valence-corrected chi connectivity index (χ2v) is 8.27. The van der Waals surface area contributed by atoms with Gasteiger partial charge in [-0.1, -0.05) is 38.0 Å². The first-order valence-electron chi connectivity index (χ1n) is 12.1. The Bertz CT molecular complexity index is 1200. The van der Waals surface area contributed by atoms with E-state index in [9.17, 15) is 14.4 Å². The van der Waals surface area contributed by atoms with Crippen molar-refractivity contribution in [1.29, 1.82) is 0 Å². The molecule has 0 spiro atoms. The summed E-state index contributed by atoms with van der Waals surface area (Å²) in [5, 5.41) is 17.5. The molecule has 3 N–H and O–H groups in total. The van der Waals surface area contributed by atoms with Gasteiger partial charge in [-0.15, -0.1) is 24.8 Å². The molecule has 12 nitrogen and oxygen atoms in total. The standard InChI is InChI=1S/C9H10O4.C6H9NO.2C5H6N2.C3H4N2.2ClH/c1-9(8(12)13)4-2-3-6(5-9)7(10)11;1-2-7-5-3-4-6(7)8;2*1-2-7-4-3-6-5-7;1-2-5-3-4-1;;/h2-4H,5H2,1H3,(H,10,11)(H,12,13);2H,1,3-5H2;2*2-5H,1H2;1-3H,(H,4,5);2*1H. The van der Waals surface area contributed by atoms with E-state index in [-0.39, 0.29) is 42.7 Å². The molecule has 14 heteroatoms. The maximum Gasteiger partial charge on any atom is 0.331 e. The molecular formula is C28H37Cl2N7O5. The van der Waals surface area contributed by atoms with Crippen molar-refractivity contribution in [3.8, 4) is 0 Å². The van der Waals surface area contributed by atoms with E-state index < -0.39 is 17.4 Å². The Kier molecular flexibility index (Phi) is 20.7. The average Bonchev–Trinajstić information content (AvgIpc) is 3.79. The van der Waals surface area contributed by atoms with Crippen molar-refractivity contribution < 1.29 is 24.6 Å². The van der Waals surface area contributed by atoms with Gasteiger partial charge in [-0.3, -0.25) is 9.59 Å². The summed E-state index contributed by atoms with van der Waals surface area (Å²) in [7, 11) is 0. The molecule has 3 aromatic rings. The number of nitrogens with one attached hydrogen (secondary N) is 1. The molecule has 0 bridgehead atoms. The van der Waals surface area contributed by atoms with Crippen LogP contribution in [0.2, 0.25) is 0 Å². The quantitative estimate of drug-likeness (QED) is 0.358. The van der Waals surface area contributed by atoms with Crippen LogP contribution in [0.4, 0.5) is 0 Å². The Morgan fingerprint density at radius 3 is 1.83 bits per heavy atom. The Labute approximate surface area is 257 Å². The van der Waals surface area contributed by atoms with Crippen molar-refractivity contribution in [3.63, 3.8) is 0 Å². The number of halogens is 2. The molecule has 1 saturated heterocycles. The summed E-state index contributed by atoms with van der Waals surface area (Å²) in [6.07, 6.45) is 26.6. The molecule has 0 saturated carbocycles. The molecule has 1 atom stereocenters. The van der Waals surface area contributed by atoms with Crippen LogP contribution < -0.4 is 0 Å². The topological polar surface area (TPSA) is 159 Å². The zero-order valence-electron chi connectivity index (χ0n) is 23.2. The van der Waals surface area contributed by atoms with Crippen molar-refractivity contribution in [1.82, 2.24) is 34.0 Å². The summed E-state index contributed by atoms with van der Waals surface area (Å²) in [6.45, 7) is 12.9. The van der Waals surface area contributed by atoms with Crippen molar-refractivity contribution in [2.75, 3.05) is 6.54 Å². The lowest BCUT2D eigenvalue weighted by Gasteiger charge is -2.23. The summed E-state index contributed by atoms with van der Waals surface area (Å²) in [6, 6.07) is 0. The zero-order valence-corrected chi connectivity index (χ0v) is 24.9. The highest BCUT2D eigenvalue weighted by molar-refractivity contribution is 5.90. The number of imidazole rings is 3. The predicted octanol–water partition coefficient (Wildman–Crippen LogP) is 5.02. The maximum atomic E-state index is 10.8. The van der Waals surface area contributed by atoms with Gasteiger partial charge in [0.25, 0.3) is 0 Å². The second kappa shape index (κ2) is 22.1. The number of carboxylic acids is 2. The van der Waals surface area contributed by atoms with Gasteiger partial charge in [0.1, 0.15) is 0 Å². The Morgan fingerprint density at radius 1 is 0.976 bits per heavy atom. The number of aromatic nitrogens is 6. The largest absolute Gasteiger partial charge is 0.481 e. The van der Waals surface area contributed by atoms with Crippen LogP contribution in [0.5, 0.6) is 0 Å². The predicted molar refractivity (Wildman–Crippen MR) is 167 cm³/mol. The van der Waals surface area contributed by atoms with E-state index in [0.29, 0.717) is 6.42 Å². The fraction of sp³-hybridized carbons (Fsp3) is 0.214. The molecule has 1 aliphatic carbocycles. The average molecular weight is 623 g/mol. The molecule has 1 fully saturated rings. The molecule has 2 aliphatic rings. The summed E-state index contributed by atoms with van der Waals surface area (Å²) in [5.41, 5.74) is -0.949. The van der Waals surface area contributed by atoms with Crippen molar-refractivity contribution in [2.45, 2.75) is 26.2 Å². The van der Waals surface area contributed by atoms with E-state index in [0.717, 1.165) is 13.0 Å². The summed E-state index contributed by atoms with van der Waals surface area (Å²) in [5.74, 6) is -1.85. The smallest absolute Gasteiger partial charge is 0.331 e. The Balaban J connectivity index is 0. The van der Waals surface area contributed by atoms with E-state index in [1.54, 1.807) is 76.4 Å². The molecule has 1 amide bonds. The number of aromatic amines is 1. The molecule has 42 heavy (non-hydrogen) atoms. The Hall–Kier alpha value is -4.68. The van der Waals surface area contributed by atoms with E-state index in [4.69, 9.17) is 10.2 Å². The number of carboxylic acid groups (broad SMARTS) is 2. The molecule has 4 heterocycles. The number of rotatable bonds is 5. The Morgan fingerprint density at radius 2 is 1.57 bits per heavy atom. The van der Waals surface area contributed by atoms with Crippen LogP contribution in [-0.2, 0) is 14.4 Å². The number of hydrogen-bond donors (Lipinski definition) is 3. The van der Waals surface area contributed by atoms with Crippen LogP contribution in [-0.4, -0.2) is 68.6 Å². The second-order valence-electron chi connectivity index (χ2n) is 8.27. The number of allylic oxidation sites excluding steroid dienone is 2. The van der Waals surface area contributed by atoms with Crippen LogP contribution in [0, 0.1) is 5.41 Å². The number of nitrogens with zero attached hydrogens (tertiary/aromatic N) is 6. The molecule has 3 aromatic heterocycles. The maximum absolute atomic E-state index is 10.8.